The normalized spacial score (nSPS) is 10.4. The van der Waals surface area contributed by atoms with Crippen molar-refractivity contribution >= 4 is 31.9 Å². The molecule has 0 aliphatic heterocycles. The zero-order chi connectivity index (χ0) is 13.0. The van der Waals surface area contributed by atoms with E-state index in [0.717, 1.165) is 32.7 Å². The summed E-state index contributed by atoms with van der Waals surface area (Å²) in [5.41, 5.74) is 0.947. The van der Waals surface area contributed by atoms with Gasteiger partial charge in [-0.25, -0.2) is 0 Å². The molecule has 1 aromatic heterocycles. The van der Waals surface area contributed by atoms with Gasteiger partial charge >= 0.3 is 0 Å². The third kappa shape index (κ3) is 3.54. The molecule has 0 fully saturated rings. The SMILES string of the molecule is CNCc1cc(Oc2ccc(Br)cc2Br)ccn1. The molecule has 0 saturated carbocycles. The first kappa shape index (κ1) is 13.5. The number of benzene rings is 1. The van der Waals surface area contributed by atoms with Crippen molar-refractivity contribution in [2.75, 3.05) is 7.05 Å². The predicted molar refractivity (Wildman–Crippen MR) is 78.9 cm³/mol. The molecule has 0 atom stereocenters. The van der Waals surface area contributed by atoms with Crippen LogP contribution in [0.1, 0.15) is 5.69 Å². The topological polar surface area (TPSA) is 34.1 Å². The van der Waals surface area contributed by atoms with E-state index in [9.17, 15) is 0 Å². The summed E-state index contributed by atoms with van der Waals surface area (Å²) < 4.78 is 7.73. The highest BCUT2D eigenvalue weighted by Crippen LogP contribution is 2.31. The molecule has 2 rings (SSSR count). The molecule has 1 N–H and O–H groups in total. The van der Waals surface area contributed by atoms with Crippen LogP contribution in [0.4, 0.5) is 0 Å². The molecule has 0 aliphatic rings. The summed E-state index contributed by atoms with van der Waals surface area (Å²) in [4.78, 5) is 4.25. The first-order valence-electron chi connectivity index (χ1n) is 5.41. The van der Waals surface area contributed by atoms with E-state index >= 15 is 0 Å². The van der Waals surface area contributed by atoms with Gasteiger partial charge in [-0.15, -0.1) is 0 Å². The van der Waals surface area contributed by atoms with Crippen LogP contribution in [0.3, 0.4) is 0 Å². The van der Waals surface area contributed by atoms with Crippen molar-refractivity contribution in [1.82, 2.24) is 10.3 Å². The highest BCUT2D eigenvalue weighted by molar-refractivity contribution is 9.11. The Labute approximate surface area is 123 Å². The smallest absolute Gasteiger partial charge is 0.141 e. The number of hydrogen-bond donors (Lipinski definition) is 1. The number of nitrogens with one attached hydrogen (secondary N) is 1. The van der Waals surface area contributed by atoms with E-state index in [1.807, 2.05) is 37.4 Å². The lowest BCUT2D eigenvalue weighted by molar-refractivity contribution is 0.477. The Hall–Kier alpha value is -0.910. The van der Waals surface area contributed by atoms with E-state index in [4.69, 9.17) is 4.74 Å². The Balaban J connectivity index is 2.20. The number of halogens is 2. The second-order valence-corrected chi connectivity index (χ2v) is 5.46. The minimum atomic E-state index is 0.721. The Kier molecular flexibility index (Phi) is 4.74. The molecule has 0 saturated heterocycles. The van der Waals surface area contributed by atoms with Gasteiger partial charge in [0.1, 0.15) is 11.5 Å². The second kappa shape index (κ2) is 6.31. The van der Waals surface area contributed by atoms with Crippen LogP contribution in [0.15, 0.2) is 45.5 Å². The fourth-order valence-corrected chi connectivity index (χ4v) is 2.61. The Morgan fingerprint density at radius 1 is 1.22 bits per heavy atom. The fourth-order valence-electron chi connectivity index (χ4n) is 1.48. The maximum Gasteiger partial charge on any atom is 0.141 e. The van der Waals surface area contributed by atoms with Crippen LogP contribution in [0.2, 0.25) is 0 Å². The molecule has 0 aliphatic carbocycles. The number of pyridine rings is 1. The molecule has 1 aromatic carbocycles. The van der Waals surface area contributed by atoms with Crippen molar-refractivity contribution in [2.45, 2.75) is 6.54 Å². The molecule has 0 amide bonds. The van der Waals surface area contributed by atoms with Crippen LogP contribution >= 0.6 is 31.9 Å². The lowest BCUT2D eigenvalue weighted by atomic mass is 10.3. The van der Waals surface area contributed by atoms with Crippen LogP contribution in [0.5, 0.6) is 11.5 Å². The Bertz CT molecular complexity index is 546. The molecule has 0 unspecified atom stereocenters. The zero-order valence-corrected chi connectivity index (χ0v) is 13.0. The Morgan fingerprint density at radius 2 is 2.06 bits per heavy atom. The van der Waals surface area contributed by atoms with Gasteiger partial charge in [-0.1, -0.05) is 15.9 Å². The van der Waals surface area contributed by atoms with Crippen LogP contribution < -0.4 is 10.1 Å². The number of ether oxygens (including phenoxy) is 1. The minimum Gasteiger partial charge on any atom is -0.456 e. The molecule has 1 heterocycles. The van der Waals surface area contributed by atoms with E-state index in [1.54, 1.807) is 6.20 Å². The molecule has 2 aromatic rings. The average molecular weight is 372 g/mol. The van der Waals surface area contributed by atoms with Gasteiger partial charge in [0, 0.05) is 23.3 Å². The van der Waals surface area contributed by atoms with Crippen molar-refractivity contribution in [3.8, 4) is 11.5 Å². The van der Waals surface area contributed by atoms with E-state index in [2.05, 4.69) is 42.2 Å². The first-order valence-corrected chi connectivity index (χ1v) is 7.00. The predicted octanol–water partition coefficient (Wildman–Crippen LogP) is 4.12. The second-order valence-electron chi connectivity index (χ2n) is 3.69. The number of rotatable bonds is 4. The quantitative estimate of drug-likeness (QED) is 0.877. The van der Waals surface area contributed by atoms with Crippen LogP contribution in [-0.2, 0) is 6.54 Å². The summed E-state index contributed by atoms with van der Waals surface area (Å²) in [6.07, 6.45) is 1.74. The largest absolute Gasteiger partial charge is 0.456 e. The van der Waals surface area contributed by atoms with Crippen LogP contribution in [0, 0.1) is 0 Å². The third-order valence-electron chi connectivity index (χ3n) is 2.27. The molecule has 18 heavy (non-hydrogen) atoms. The number of nitrogens with zero attached hydrogens (tertiary/aromatic N) is 1. The van der Waals surface area contributed by atoms with Crippen molar-refractivity contribution in [1.29, 1.82) is 0 Å². The van der Waals surface area contributed by atoms with Gasteiger partial charge in [0.15, 0.2) is 0 Å². The summed E-state index contributed by atoms with van der Waals surface area (Å²) in [7, 11) is 1.89. The van der Waals surface area contributed by atoms with E-state index < -0.39 is 0 Å². The van der Waals surface area contributed by atoms with Gasteiger partial charge in [0.05, 0.1) is 10.2 Å². The van der Waals surface area contributed by atoms with Crippen molar-refractivity contribution in [2.24, 2.45) is 0 Å². The third-order valence-corrected chi connectivity index (χ3v) is 3.38. The monoisotopic (exact) mass is 370 g/mol. The summed E-state index contributed by atoms with van der Waals surface area (Å²) >= 11 is 6.88. The van der Waals surface area contributed by atoms with E-state index in [-0.39, 0.29) is 0 Å². The number of aromatic nitrogens is 1. The average Bonchev–Trinajstić information content (AvgIpc) is 2.34. The molecule has 5 heteroatoms. The van der Waals surface area contributed by atoms with E-state index in [0.29, 0.717) is 0 Å². The lowest BCUT2D eigenvalue weighted by Gasteiger charge is -2.09. The Morgan fingerprint density at radius 3 is 2.78 bits per heavy atom. The van der Waals surface area contributed by atoms with Crippen molar-refractivity contribution in [3.05, 3.63) is 51.2 Å². The van der Waals surface area contributed by atoms with Gasteiger partial charge in [0.2, 0.25) is 0 Å². The molecule has 0 spiro atoms. The van der Waals surface area contributed by atoms with Crippen molar-refractivity contribution < 1.29 is 4.74 Å². The molecular weight excluding hydrogens is 360 g/mol. The summed E-state index contributed by atoms with van der Waals surface area (Å²) in [6, 6.07) is 9.56. The van der Waals surface area contributed by atoms with Gasteiger partial charge in [-0.05, 0) is 47.2 Å². The molecule has 0 bridgehead atoms. The maximum atomic E-state index is 5.82. The standard InChI is InChI=1S/C13H12Br2N2O/c1-16-8-10-7-11(4-5-17-10)18-13-3-2-9(14)6-12(13)15/h2-7,16H,8H2,1H3. The van der Waals surface area contributed by atoms with Crippen molar-refractivity contribution in [3.63, 3.8) is 0 Å². The number of hydrogen-bond acceptors (Lipinski definition) is 3. The van der Waals surface area contributed by atoms with Gasteiger partial charge < -0.3 is 10.1 Å². The summed E-state index contributed by atoms with van der Waals surface area (Å²) in [5.74, 6) is 1.55. The molecule has 3 nitrogen and oxygen atoms in total. The highest BCUT2D eigenvalue weighted by Gasteiger charge is 2.04. The van der Waals surface area contributed by atoms with Gasteiger partial charge in [-0.2, -0.15) is 0 Å². The lowest BCUT2D eigenvalue weighted by Crippen LogP contribution is -2.06. The van der Waals surface area contributed by atoms with Crippen LogP contribution in [-0.4, -0.2) is 12.0 Å². The minimum absolute atomic E-state index is 0.721. The molecule has 0 radical (unpaired) electrons. The van der Waals surface area contributed by atoms with Gasteiger partial charge in [-0.3, -0.25) is 4.98 Å². The maximum absolute atomic E-state index is 5.82. The summed E-state index contributed by atoms with van der Waals surface area (Å²) in [5, 5.41) is 3.06. The fraction of sp³-hybridized carbons (Fsp3) is 0.154. The van der Waals surface area contributed by atoms with Gasteiger partial charge in [0.25, 0.3) is 0 Å². The highest BCUT2D eigenvalue weighted by atomic mass is 79.9. The molecule has 94 valence electrons. The van der Waals surface area contributed by atoms with E-state index in [1.165, 1.54) is 0 Å². The van der Waals surface area contributed by atoms with Crippen LogP contribution in [0.25, 0.3) is 0 Å². The molecular formula is C13H12Br2N2O. The first-order chi connectivity index (χ1) is 8.69. The zero-order valence-electron chi connectivity index (χ0n) is 9.78. The summed E-state index contributed by atoms with van der Waals surface area (Å²) in [6.45, 7) is 0.721.